The van der Waals surface area contributed by atoms with Gasteiger partial charge in [0.1, 0.15) is 0 Å². The molecule has 0 spiro atoms. The Morgan fingerprint density at radius 1 is 0.500 bits per heavy atom. The first-order valence-corrected chi connectivity index (χ1v) is 16.8. The molecule has 1 aliphatic heterocycles. The topological polar surface area (TPSA) is 93.7 Å². The van der Waals surface area contributed by atoms with E-state index in [0.29, 0.717) is 0 Å². The van der Waals surface area contributed by atoms with E-state index >= 15 is 0 Å². The summed E-state index contributed by atoms with van der Waals surface area (Å²) < 4.78 is 3.97. The van der Waals surface area contributed by atoms with Gasteiger partial charge >= 0.3 is 0 Å². The summed E-state index contributed by atoms with van der Waals surface area (Å²) in [5, 5.41) is 26.5. The van der Waals surface area contributed by atoms with Crippen molar-refractivity contribution in [2.45, 2.75) is 51.9 Å². The van der Waals surface area contributed by atoms with Crippen molar-refractivity contribution < 1.29 is 0 Å². The van der Waals surface area contributed by atoms with Crippen LogP contribution in [0.2, 0.25) is 0 Å². The number of rotatable bonds is 12. The maximum atomic E-state index is 4.63. The Labute approximate surface area is 282 Å². The summed E-state index contributed by atoms with van der Waals surface area (Å²) >= 11 is 0. The standard InChI is InChI=1S/C38H42N10/c1-29-13-17-33(18-14-29)35(37-39-41-43-47(37)23-21-31-9-5-3-6-10-31)45-25-27-46(28-26-45)36(34-19-15-30(2)16-20-34)38-40-42-44-48(38)24-22-32-11-7-4-8-12-32/h3-20,35-36H,21-28H2,1-2H3/t35-,36+. The van der Waals surface area contributed by atoms with E-state index in [1.165, 1.54) is 33.4 Å². The van der Waals surface area contributed by atoms with E-state index < -0.39 is 0 Å². The van der Waals surface area contributed by atoms with Crippen molar-refractivity contribution in [3.05, 3.63) is 154 Å². The summed E-state index contributed by atoms with van der Waals surface area (Å²) in [5.74, 6) is 1.76. The lowest BCUT2D eigenvalue weighted by Crippen LogP contribution is -2.50. The summed E-state index contributed by atoms with van der Waals surface area (Å²) in [5.41, 5.74) is 7.41. The quantitative estimate of drug-likeness (QED) is 0.179. The second kappa shape index (κ2) is 14.8. The molecule has 244 valence electrons. The van der Waals surface area contributed by atoms with Crippen LogP contribution >= 0.6 is 0 Å². The third-order valence-electron chi connectivity index (χ3n) is 9.38. The van der Waals surface area contributed by atoms with Gasteiger partial charge in [0.25, 0.3) is 0 Å². The van der Waals surface area contributed by atoms with Gasteiger partial charge in [-0.05, 0) is 69.8 Å². The van der Waals surface area contributed by atoms with Crippen molar-refractivity contribution in [3.63, 3.8) is 0 Å². The van der Waals surface area contributed by atoms with Gasteiger partial charge in [0.2, 0.25) is 0 Å². The largest absolute Gasteiger partial charge is 0.287 e. The lowest BCUT2D eigenvalue weighted by Gasteiger charge is -2.41. The predicted molar refractivity (Wildman–Crippen MR) is 185 cm³/mol. The van der Waals surface area contributed by atoms with Crippen LogP contribution in [0, 0.1) is 13.8 Å². The summed E-state index contributed by atoms with van der Waals surface area (Å²) in [4.78, 5) is 5.05. The Morgan fingerprint density at radius 2 is 0.875 bits per heavy atom. The van der Waals surface area contributed by atoms with Crippen LogP contribution in [0.1, 0.15) is 57.1 Å². The fourth-order valence-corrected chi connectivity index (χ4v) is 6.69. The first-order valence-electron chi connectivity index (χ1n) is 16.8. The summed E-state index contributed by atoms with van der Waals surface area (Å²) in [6, 6.07) is 38.5. The molecule has 4 aromatic carbocycles. The molecule has 1 fully saturated rings. The maximum Gasteiger partial charge on any atom is 0.173 e. The fraction of sp³-hybridized carbons (Fsp3) is 0.316. The number of benzene rings is 4. The zero-order chi connectivity index (χ0) is 32.7. The second-order valence-electron chi connectivity index (χ2n) is 12.7. The molecule has 0 bridgehead atoms. The molecule has 0 saturated carbocycles. The van der Waals surface area contributed by atoms with Crippen molar-refractivity contribution >= 4 is 0 Å². The van der Waals surface area contributed by atoms with Crippen molar-refractivity contribution in [1.29, 1.82) is 0 Å². The van der Waals surface area contributed by atoms with Gasteiger partial charge in [-0.15, -0.1) is 10.2 Å². The van der Waals surface area contributed by atoms with E-state index in [2.05, 4.69) is 152 Å². The smallest absolute Gasteiger partial charge is 0.173 e. The van der Waals surface area contributed by atoms with Gasteiger partial charge in [-0.25, -0.2) is 9.36 Å². The van der Waals surface area contributed by atoms with Gasteiger partial charge < -0.3 is 0 Å². The number of hydrogen-bond acceptors (Lipinski definition) is 8. The zero-order valence-corrected chi connectivity index (χ0v) is 27.7. The minimum atomic E-state index is -0.0625. The Kier molecular flexibility index (Phi) is 9.72. The Hall–Kier alpha value is -5.06. The van der Waals surface area contributed by atoms with Crippen LogP contribution in [0.4, 0.5) is 0 Å². The Bertz CT molecular complexity index is 1720. The van der Waals surface area contributed by atoms with Crippen molar-refractivity contribution in [2.24, 2.45) is 0 Å². The molecule has 0 unspecified atom stereocenters. The van der Waals surface area contributed by atoms with Gasteiger partial charge in [0, 0.05) is 39.3 Å². The number of tetrazole rings is 2. The molecule has 3 heterocycles. The molecule has 7 rings (SSSR count). The lowest BCUT2D eigenvalue weighted by molar-refractivity contribution is 0.0822. The van der Waals surface area contributed by atoms with E-state index in [4.69, 9.17) is 0 Å². The van der Waals surface area contributed by atoms with E-state index in [9.17, 15) is 0 Å². The van der Waals surface area contributed by atoms with Gasteiger partial charge in [-0.2, -0.15) is 0 Å². The van der Waals surface area contributed by atoms with Gasteiger partial charge in [0.15, 0.2) is 11.6 Å². The number of piperazine rings is 1. The molecule has 6 aromatic rings. The molecular formula is C38H42N10. The first-order chi connectivity index (χ1) is 23.6. The Morgan fingerprint density at radius 3 is 1.25 bits per heavy atom. The molecule has 0 aliphatic carbocycles. The number of aromatic nitrogens is 8. The minimum absolute atomic E-state index is 0.0625. The number of nitrogens with zero attached hydrogens (tertiary/aromatic N) is 10. The van der Waals surface area contributed by atoms with Crippen molar-refractivity contribution in [3.8, 4) is 0 Å². The molecular weight excluding hydrogens is 596 g/mol. The van der Waals surface area contributed by atoms with Crippen LogP contribution in [0.5, 0.6) is 0 Å². The normalized spacial score (nSPS) is 15.4. The average molecular weight is 639 g/mol. The monoisotopic (exact) mass is 638 g/mol. The van der Waals surface area contributed by atoms with Crippen LogP contribution in [-0.2, 0) is 25.9 Å². The molecule has 2 atom stereocenters. The molecule has 48 heavy (non-hydrogen) atoms. The summed E-state index contributed by atoms with van der Waals surface area (Å²) in [7, 11) is 0. The van der Waals surface area contributed by atoms with E-state index in [-0.39, 0.29) is 12.1 Å². The van der Waals surface area contributed by atoms with E-state index in [0.717, 1.165) is 63.8 Å². The summed E-state index contributed by atoms with van der Waals surface area (Å²) in [6.45, 7) is 9.07. The minimum Gasteiger partial charge on any atom is -0.287 e. The molecule has 0 radical (unpaired) electrons. The van der Waals surface area contributed by atoms with Crippen LogP contribution < -0.4 is 0 Å². The third kappa shape index (κ3) is 7.25. The van der Waals surface area contributed by atoms with E-state index in [1.54, 1.807) is 0 Å². The maximum absolute atomic E-state index is 4.63. The fourth-order valence-electron chi connectivity index (χ4n) is 6.69. The first kappa shape index (κ1) is 31.5. The molecule has 1 aliphatic rings. The predicted octanol–water partition coefficient (Wildman–Crippen LogP) is 5.26. The van der Waals surface area contributed by atoms with Crippen LogP contribution in [0.25, 0.3) is 0 Å². The van der Waals surface area contributed by atoms with Crippen molar-refractivity contribution in [2.75, 3.05) is 26.2 Å². The van der Waals surface area contributed by atoms with Gasteiger partial charge in [-0.1, -0.05) is 120 Å². The van der Waals surface area contributed by atoms with Crippen LogP contribution in [-0.4, -0.2) is 76.4 Å². The van der Waals surface area contributed by atoms with Gasteiger partial charge in [-0.3, -0.25) is 9.80 Å². The molecule has 10 nitrogen and oxygen atoms in total. The van der Waals surface area contributed by atoms with Crippen LogP contribution in [0.15, 0.2) is 109 Å². The van der Waals surface area contributed by atoms with Gasteiger partial charge in [0.05, 0.1) is 12.1 Å². The molecule has 10 heteroatoms. The third-order valence-corrected chi connectivity index (χ3v) is 9.38. The Balaban J connectivity index is 1.14. The molecule has 1 saturated heterocycles. The highest BCUT2D eigenvalue weighted by Gasteiger charge is 2.35. The van der Waals surface area contributed by atoms with Crippen LogP contribution in [0.3, 0.4) is 0 Å². The highest BCUT2D eigenvalue weighted by Crippen LogP contribution is 2.33. The number of aryl methyl sites for hydroxylation is 6. The zero-order valence-electron chi connectivity index (χ0n) is 27.7. The highest BCUT2D eigenvalue weighted by molar-refractivity contribution is 5.30. The van der Waals surface area contributed by atoms with E-state index in [1.807, 2.05) is 21.5 Å². The summed E-state index contributed by atoms with van der Waals surface area (Å²) in [6.07, 6.45) is 1.73. The molecule has 0 N–H and O–H groups in total. The number of hydrogen-bond donors (Lipinski definition) is 0. The lowest BCUT2D eigenvalue weighted by atomic mass is 9.99. The average Bonchev–Trinajstić information content (AvgIpc) is 3.80. The molecule has 0 amide bonds. The molecule has 2 aromatic heterocycles. The SMILES string of the molecule is Cc1ccc([C@H](c2nnnn2CCc2ccccc2)N2CCN([C@@H](c3ccc(C)cc3)c3nnnn3CCc3ccccc3)CC2)cc1. The van der Waals surface area contributed by atoms with Crippen molar-refractivity contribution in [1.82, 2.24) is 50.2 Å². The second-order valence-corrected chi connectivity index (χ2v) is 12.7. The highest BCUT2D eigenvalue weighted by atomic mass is 15.6.